The maximum absolute atomic E-state index is 12.8. The van der Waals surface area contributed by atoms with Gasteiger partial charge in [-0.3, -0.25) is 4.72 Å². The molecule has 0 spiro atoms. The highest BCUT2D eigenvalue weighted by atomic mass is 32.2. The SMILES string of the molecule is CCCOc1cc(=NC(=O)NSCc2cccc(C(F)(F)F)c2)cnn1-c1ccccc1. The monoisotopic (exact) mass is 462 g/mol. The maximum Gasteiger partial charge on any atom is 0.416 e. The predicted molar refractivity (Wildman–Crippen MR) is 116 cm³/mol. The molecule has 0 saturated heterocycles. The summed E-state index contributed by atoms with van der Waals surface area (Å²) in [6.07, 6.45) is -2.18. The minimum absolute atomic E-state index is 0.164. The number of amides is 2. The number of rotatable bonds is 7. The van der Waals surface area contributed by atoms with Crippen molar-refractivity contribution in [1.29, 1.82) is 0 Å². The molecule has 0 saturated carbocycles. The number of nitrogens with one attached hydrogen (secondary N) is 1. The van der Waals surface area contributed by atoms with Crippen LogP contribution < -0.4 is 14.8 Å². The van der Waals surface area contributed by atoms with E-state index in [-0.39, 0.29) is 5.75 Å². The first-order chi connectivity index (χ1) is 15.4. The van der Waals surface area contributed by atoms with Gasteiger partial charge in [0.05, 0.1) is 29.4 Å². The summed E-state index contributed by atoms with van der Waals surface area (Å²) in [6, 6.07) is 15.3. The number of carbonyl (C=O) groups excluding carboxylic acids is 1. The summed E-state index contributed by atoms with van der Waals surface area (Å²) in [5.74, 6) is 0.598. The number of hydrogen-bond donors (Lipinski definition) is 1. The second-order valence-corrected chi connectivity index (χ2v) is 7.44. The van der Waals surface area contributed by atoms with Crippen LogP contribution in [0.4, 0.5) is 18.0 Å². The van der Waals surface area contributed by atoms with Gasteiger partial charge in [0.1, 0.15) is 0 Å². The molecule has 0 unspecified atom stereocenters. The Labute approximate surface area is 187 Å². The summed E-state index contributed by atoms with van der Waals surface area (Å²) < 4.78 is 48.3. The lowest BCUT2D eigenvalue weighted by Crippen LogP contribution is -2.19. The third-order valence-electron chi connectivity index (χ3n) is 4.12. The molecule has 1 aromatic heterocycles. The minimum atomic E-state index is -4.41. The Morgan fingerprint density at radius 2 is 1.94 bits per heavy atom. The number of urea groups is 1. The molecule has 2 amide bonds. The van der Waals surface area contributed by atoms with E-state index in [2.05, 4.69) is 14.8 Å². The number of alkyl halides is 3. The second-order valence-electron chi connectivity index (χ2n) is 6.65. The van der Waals surface area contributed by atoms with Crippen molar-refractivity contribution in [2.75, 3.05) is 6.61 Å². The highest BCUT2D eigenvalue weighted by Gasteiger charge is 2.30. The molecule has 0 aliphatic carbocycles. The summed E-state index contributed by atoms with van der Waals surface area (Å²) >= 11 is 0.954. The van der Waals surface area contributed by atoms with Gasteiger partial charge in [-0.1, -0.05) is 43.3 Å². The average molecular weight is 462 g/mol. The van der Waals surface area contributed by atoms with Crippen LogP contribution in [0, 0.1) is 0 Å². The van der Waals surface area contributed by atoms with Gasteiger partial charge >= 0.3 is 12.2 Å². The maximum atomic E-state index is 12.8. The quantitative estimate of drug-likeness (QED) is 0.494. The summed E-state index contributed by atoms with van der Waals surface area (Å²) in [7, 11) is 0. The van der Waals surface area contributed by atoms with E-state index in [1.54, 1.807) is 16.8 Å². The fourth-order valence-corrected chi connectivity index (χ4v) is 3.28. The molecule has 32 heavy (non-hydrogen) atoms. The minimum Gasteiger partial charge on any atom is -0.478 e. The number of aromatic nitrogens is 2. The number of benzene rings is 2. The van der Waals surface area contributed by atoms with Crippen LogP contribution in [0.2, 0.25) is 0 Å². The molecule has 0 aliphatic heterocycles. The van der Waals surface area contributed by atoms with Crippen molar-refractivity contribution in [1.82, 2.24) is 14.5 Å². The first kappa shape index (κ1) is 23.4. The van der Waals surface area contributed by atoms with Crippen molar-refractivity contribution >= 4 is 18.0 Å². The number of nitrogens with zero attached hydrogens (tertiary/aromatic N) is 3. The Morgan fingerprint density at radius 3 is 2.66 bits per heavy atom. The lowest BCUT2D eigenvalue weighted by molar-refractivity contribution is -0.137. The van der Waals surface area contributed by atoms with Crippen LogP contribution in [0.1, 0.15) is 24.5 Å². The third-order valence-corrected chi connectivity index (χ3v) is 4.92. The van der Waals surface area contributed by atoms with Gasteiger partial charge < -0.3 is 4.74 Å². The Morgan fingerprint density at radius 1 is 1.16 bits per heavy atom. The highest BCUT2D eigenvalue weighted by molar-refractivity contribution is 7.97. The summed E-state index contributed by atoms with van der Waals surface area (Å²) in [4.78, 5) is 16.1. The van der Waals surface area contributed by atoms with E-state index in [1.165, 1.54) is 12.3 Å². The highest BCUT2D eigenvalue weighted by Crippen LogP contribution is 2.30. The molecule has 0 aliphatic rings. The van der Waals surface area contributed by atoms with Gasteiger partial charge in [-0.05, 0) is 42.1 Å². The number of halogens is 3. The summed E-state index contributed by atoms with van der Waals surface area (Å²) in [5, 5.41) is 4.61. The van der Waals surface area contributed by atoms with Gasteiger partial charge in [0.15, 0.2) is 0 Å². The molecule has 3 rings (SSSR count). The van der Waals surface area contributed by atoms with Gasteiger partial charge in [0.2, 0.25) is 5.88 Å². The largest absolute Gasteiger partial charge is 0.478 e. The van der Waals surface area contributed by atoms with Crippen molar-refractivity contribution < 1.29 is 22.7 Å². The van der Waals surface area contributed by atoms with E-state index in [1.807, 2.05) is 37.3 Å². The smallest absolute Gasteiger partial charge is 0.416 e. The number of hydrogen-bond acceptors (Lipinski definition) is 4. The van der Waals surface area contributed by atoms with Crippen molar-refractivity contribution in [3.8, 4) is 11.6 Å². The van der Waals surface area contributed by atoms with Crippen molar-refractivity contribution in [2.45, 2.75) is 25.3 Å². The van der Waals surface area contributed by atoms with Crippen LogP contribution >= 0.6 is 11.9 Å². The molecule has 6 nitrogen and oxygen atoms in total. The molecule has 3 aromatic rings. The summed E-state index contributed by atoms with van der Waals surface area (Å²) in [5.41, 5.74) is 0.505. The van der Waals surface area contributed by atoms with E-state index >= 15 is 0 Å². The van der Waals surface area contributed by atoms with Crippen LogP contribution in [0.5, 0.6) is 5.88 Å². The Hall–Kier alpha value is -3.27. The molecule has 2 aromatic carbocycles. The topological polar surface area (TPSA) is 68.5 Å². The molecule has 0 bridgehead atoms. The molecule has 0 fully saturated rings. The third kappa shape index (κ3) is 6.61. The molecule has 0 atom stereocenters. The van der Waals surface area contributed by atoms with E-state index in [9.17, 15) is 18.0 Å². The molecular weight excluding hydrogens is 441 g/mol. The van der Waals surface area contributed by atoms with Gasteiger partial charge in [0, 0.05) is 11.8 Å². The van der Waals surface area contributed by atoms with Gasteiger partial charge in [0.25, 0.3) is 0 Å². The van der Waals surface area contributed by atoms with Crippen molar-refractivity contribution in [3.05, 3.63) is 83.3 Å². The molecule has 1 N–H and O–H groups in total. The normalized spacial score (nSPS) is 11.9. The molecular formula is C22H21F3N4O2S. The van der Waals surface area contributed by atoms with E-state index < -0.39 is 17.8 Å². The van der Waals surface area contributed by atoms with Crippen LogP contribution in [-0.4, -0.2) is 22.4 Å². The molecule has 1 heterocycles. The van der Waals surface area contributed by atoms with Gasteiger partial charge in [-0.15, -0.1) is 0 Å². The lowest BCUT2D eigenvalue weighted by Gasteiger charge is -2.12. The van der Waals surface area contributed by atoms with E-state index in [4.69, 9.17) is 4.74 Å². The molecule has 0 radical (unpaired) electrons. The lowest BCUT2D eigenvalue weighted by atomic mass is 10.1. The van der Waals surface area contributed by atoms with Gasteiger partial charge in [-0.25, -0.2) is 9.48 Å². The van der Waals surface area contributed by atoms with Crippen molar-refractivity contribution in [2.24, 2.45) is 4.99 Å². The van der Waals surface area contributed by atoms with Crippen LogP contribution in [0.15, 0.2) is 71.9 Å². The fourth-order valence-electron chi connectivity index (χ4n) is 2.69. The Balaban J connectivity index is 1.69. The molecule has 168 valence electrons. The van der Waals surface area contributed by atoms with Crippen LogP contribution in [-0.2, 0) is 11.9 Å². The first-order valence-electron chi connectivity index (χ1n) is 9.77. The Bertz CT molecular complexity index is 1120. The Kier molecular flexibility index (Phi) is 7.93. The number of carbonyl (C=O) groups is 1. The fraction of sp³-hybridized carbons (Fsp3) is 0.227. The van der Waals surface area contributed by atoms with Gasteiger partial charge in [-0.2, -0.15) is 23.3 Å². The van der Waals surface area contributed by atoms with Crippen molar-refractivity contribution in [3.63, 3.8) is 0 Å². The summed E-state index contributed by atoms with van der Waals surface area (Å²) in [6.45, 7) is 2.45. The number of ether oxygens (including phenoxy) is 1. The first-order valence-corrected chi connectivity index (χ1v) is 10.8. The second kappa shape index (κ2) is 10.9. The molecule has 10 heteroatoms. The zero-order chi connectivity index (χ0) is 23.0. The van der Waals surface area contributed by atoms with Crippen LogP contribution in [0.3, 0.4) is 0 Å². The zero-order valence-corrected chi connectivity index (χ0v) is 18.0. The average Bonchev–Trinajstić information content (AvgIpc) is 2.78. The van der Waals surface area contributed by atoms with E-state index in [0.29, 0.717) is 23.4 Å². The predicted octanol–water partition coefficient (Wildman–Crippen LogP) is 5.14. The zero-order valence-electron chi connectivity index (χ0n) is 17.2. The van der Waals surface area contributed by atoms with E-state index in [0.717, 1.165) is 36.2 Å². The standard InChI is InChI=1S/C22H21F3N4O2S/c1-2-11-31-20-13-18(14-26-29(20)19-9-4-3-5-10-19)27-21(30)28-32-15-16-7-6-8-17(12-16)22(23,24)25/h3-10,12-14H,2,11,15H2,1H3,(H,28,30). The van der Waals surface area contributed by atoms with Crippen LogP contribution in [0.25, 0.3) is 5.69 Å². The number of para-hydroxylation sites is 1.